The van der Waals surface area contributed by atoms with Crippen molar-refractivity contribution in [3.05, 3.63) is 63.4 Å². The van der Waals surface area contributed by atoms with Crippen molar-refractivity contribution >= 4 is 39.4 Å². The first-order valence-electron chi connectivity index (χ1n) is 11.8. The highest BCUT2D eigenvalue weighted by molar-refractivity contribution is 9.10. The van der Waals surface area contributed by atoms with Crippen LogP contribution in [0.1, 0.15) is 68.0 Å². The van der Waals surface area contributed by atoms with E-state index in [-0.39, 0.29) is 17.9 Å². The van der Waals surface area contributed by atoms with Crippen LogP contribution >= 0.6 is 15.9 Å². The van der Waals surface area contributed by atoms with Crippen molar-refractivity contribution in [2.24, 2.45) is 4.99 Å². The van der Waals surface area contributed by atoms with Crippen LogP contribution in [-0.2, 0) is 11.0 Å². The normalized spacial score (nSPS) is 24.9. The molecule has 1 spiro atoms. The lowest BCUT2D eigenvalue weighted by Crippen LogP contribution is -2.53. The average molecular weight is 547 g/mol. The zero-order chi connectivity index (χ0) is 25.0. The van der Waals surface area contributed by atoms with Crippen molar-refractivity contribution in [1.82, 2.24) is 10.3 Å². The van der Waals surface area contributed by atoms with Crippen molar-refractivity contribution in [2.45, 2.75) is 63.2 Å². The Kier molecular flexibility index (Phi) is 6.02. The van der Waals surface area contributed by atoms with Crippen LogP contribution < -0.4 is 10.2 Å². The van der Waals surface area contributed by atoms with E-state index >= 15 is 0 Å². The van der Waals surface area contributed by atoms with Crippen molar-refractivity contribution in [2.75, 3.05) is 11.4 Å². The van der Waals surface area contributed by atoms with Crippen LogP contribution in [0.5, 0.6) is 0 Å². The molecule has 5 nitrogen and oxygen atoms in total. The van der Waals surface area contributed by atoms with Gasteiger partial charge < -0.3 is 10.2 Å². The molecule has 1 aromatic heterocycles. The molecular weight excluding hydrogens is 521 g/mol. The van der Waals surface area contributed by atoms with E-state index in [1.54, 1.807) is 0 Å². The summed E-state index contributed by atoms with van der Waals surface area (Å²) in [5.41, 5.74) is 1.24. The number of rotatable bonds is 4. The third-order valence-corrected chi connectivity index (χ3v) is 7.49. The number of benzene rings is 1. The monoisotopic (exact) mass is 546 g/mol. The van der Waals surface area contributed by atoms with Crippen LogP contribution in [0.4, 0.5) is 18.9 Å². The Hall–Kier alpha value is -2.68. The number of halogens is 4. The van der Waals surface area contributed by atoms with Crippen molar-refractivity contribution in [1.29, 1.82) is 0 Å². The maximum Gasteiger partial charge on any atom is 0.433 e. The van der Waals surface area contributed by atoms with E-state index in [9.17, 15) is 18.0 Å². The molecule has 35 heavy (non-hydrogen) atoms. The first kappa shape index (κ1) is 24.0. The lowest BCUT2D eigenvalue weighted by atomic mass is 9.83. The van der Waals surface area contributed by atoms with Gasteiger partial charge in [-0.05, 0) is 62.9 Å². The Labute approximate surface area is 210 Å². The van der Waals surface area contributed by atoms with Gasteiger partial charge in [0.25, 0.3) is 5.91 Å². The fourth-order valence-electron chi connectivity index (χ4n) is 5.12. The number of hydrogen-bond donors (Lipinski definition) is 1. The number of carbonyl (C=O) groups excluding carboxylic acids is 1. The molecule has 1 amide bonds. The van der Waals surface area contributed by atoms with Gasteiger partial charge in [-0.1, -0.05) is 34.1 Å². The van der Waals surface area contributed by atoms with Gasteiger partial charge in [0.1, 0.15) is 17.1 Å². The quantitative estimate of drug-likeness (QED) is 0.505. The highest BCUT2D eigenvalue weighted by Crippen LogP contribution is 2.43. The summed E-state index contributed by atoms with van der Waals surface area (Å²) in [5.74, 6) is 0.130. The summed E-state index contributed by atoms with van der Waals surface area (Å²) >= 11 is 3.56. The van der Waals surface area contributed by atoms with Gasteiger partial charge >= 0.3 is 6.18 Å². The van der Waals surface area contributed by atoms with Gasteiger partial charge in [0.15, 0.2) is 0 Å². The number of nitrogens with zero attached hydrogens (tertiary/aromatic N) is 3. The van der Waals surface area contributed by atoms with Crippen LogP contribution in [0, 0.1) is 0 Å². The topological polar surface area (TPSA) is 57.6 Å². The second-order valence-electron chi connectivity index (χ2n) is 9.55. The number of piperidine rings is 1. The first-order valence-corrected chi connectivity index (χ1v) is 12.6. The molecule has 3 aliphatic rings. The Morgan fingerprint density at radius 2 is 2.00 bits per heavy atom. The van der Waals surface area contributed by atoms with Crippen molar-refractivity contribution in [3.8, 4) is 0 Å². The Morgan fingerprint density at radius 3 is 2.66 bits per heavy atom. The molecule has 9 heteroatoms. The van der Waals surface area contributed by atoms with Crippen LogP contribution in [0.15, 0.2) is 45.9 Å². The lowest BCUT2D eigenvalue weighted by Gasteiger charge is -2.42. The number of nitrogens with one attached hydrogen (secondary N) is 1. The Balaban J connectivity index is 1.45. The first-order chi connectivity index (χ1) is 16.6. The number of carbonyl (C=O) groups is 1. The molecule has 1 N–H and O–H groups in total. The van der Waals surface area contributed by atoms with Gasteiger partial charge in [-0.25, -0.2) is 4.98 Å². The molecule has 1 aliphatic carbocycles. The van der Waals surface area contributed by atoms with E-state index in [0.29, 0.717) is 36.5 Å². The minimum Gasteiger partial charge on any atom is -0.368 e. The summed E-state index contributed by atoms with van der Waals surface area (Å²) in [6.45, 7) is 4.69. The van der Waals surface area contributed by atoms with E-state index in [2.05, 4.69) is 56.3 Å². The molecule has 2 aromatic rings. The third-order valence-electron chi connectivity index (χ3n) is 6.99. The smallest absolute Gasteiger partial charge is 0.368 e. The molecule has 184 valence electrons. The molecule has 1 saturated heterocycles. The highest BCUT2D eigenvalue weighted by Gasteiger charge is 2.49. The molecule has 2 fully saturated rings. The van der Waals surface area contributed by atoms with Crippen LogP contribution in [0.3, 0.4) is 0 Å². The fraction of sp³-hybridized carbons (Fsp3) is 0.423. The number of pyridine rings is 1. The van der Waals surface area contributed by atoms with E-state index in [1.807, 2.05) is 19.1 Å². The maximum atomic E-state index is 13.3. The predicted molar refractivity (Wildman–Crippen MR) is 134 cm³/mol. The summed E-state index contributed by atoms with van der Waals surface area (Å²) in [4.78, 5) is 24.3. The van der Waals surface area contributed by atoms with Crippen LogP contribution in [-0.4, -0.2) is 34.9 Å². The second kappa shape index (κ2) is 8.76. The summed E-state index contributed by atoms with van der Waals surface area (Å²) in [6, 6.07) is 8.57. The molecule has 0 unspecified atom stereocenters. The van der Waals surface area contributed by atoms with Gasteiger partial charge in [-0.2, -0.15) is 13.2 Å². The van der Waals surface area contributed by atoms with Crippen LogP contribution in [0.25, 0.3) is 6.08 Å². The SMILES string of the molecule is C/C=C/c1ccc(Br)cc1N1CC[C@]2(C[C@@H]1C)N=C(c1ccc(C(F)(F)F)nc1C1CC1)NC2=O. The zero-order valence-electron chi connectivity index (χ0n) is 19.5. The molecular formula is C26H26BrF3N4O. The van der Waals surface area contributed by atoms with E-state index in [0.717, 1.165) is 34.6 Å². The molecule has 0 bridgehead atoms. The molecule has 1 saturated carbocycles. The Morgan fingerprint density at radius 1 is 1.23 bits per heavy atom. The predicted octanol–water partition coefficient (Wildman–Crippen LogP) is 6.08. The molecule has 1 aromatic carbocycles. The molecule has 5 rings (SSSR count). The van der Waals surface area contributed by atoms with Gasteiger partial charge in [-0.3, -0.25) is 9.79 Å². The largest absolute Gasteiger partial charge is 0.433 e. The van der Waals surface area contributed by atoms with Gasteiger partial charge in [-0.15, -0.1) is 0 Å². The minimum atomic E-state index is -4.51. The summed E-state index contributed by atoms with van der Waals surface area (Å²) < 4.78 is 40.7. The average Bonchev–Trinajstić information content (AvgIpc) is 3.60. The van der Waals surface area contributed by atoms with Crippen molar-refractivity contribution in [3.63, 3.8) is 0 Å². The summed E-state index contributed by atoms with van der Waals surface area (Å²) in [5, 5.41) is 2.88. The summed E-state index contributed by atoms with van der Waals surface area (Å²) in [6.07, 6.45) is 2.17. The van der Waals surface area contributed by atoms with E-state index in [4.69, 9.17) is 4.99 Å². The number of allylic oxidation sites excluding steroid dienone is 1. The maximum absolute atomic E-state index is 13.3. The number of aliphatic imine (C=N–C) groups is 1. The summed E-state index contributed by atoms with van der Waals surface area (Å²) in [7, 11) is 0. The van der Waals surface area contributed by atoms with E-state index < -0.39 is 17.4 Å². The van der Waals surface area contributed by atoms with Crippen molar-refractivity contribution < 1.29 is 18.0 Å². The van der Waals surface area contributed by atoms with Gasteiger partial charge in [0.2, 0.25) is 0 Å². The second-order valence-corrected chi connectivity index (χ2v) is 10.5. The molecule has 0 radical (unpaired) electrons. The standard InChI is InChI=1S/C26H26BrF3N4O/c1-3-4-16-7-8-18(27)13-20(16)34-12-11-25(14-15(34)2)24(35)32-23(33-25)19-9-10-21(26(28,29)30)31-22(19)17-5-6-17/h3-4,7-10,13,15,17H,5-6,11-12,14H2,1-2H3,(H,32,33,35)/b4-3+/t15-,25+/m0/s1. The highest BCUT2D eigenvalue weighted by atomic mass is 79.9. The number of aromatic nitrogens is 1. The Bertz CT molecular complexity index is 1240. The van der Waals surface area contributed by atoms with Gasteiger partial charge in [0, 0.05) is 40.6 Å². The number of alkyl halides is 3. The number of anilines is 1. The van der Waals surface area contributed by atoms with Gasteiger partial charge in [0.05, 0.1) is 5.69 Å². The van der Waals surface area contributed by atoms with E-state index in [1.165, 1.54) is 6.07 Å². The third kappa shape index (κ3) is 4.50. The lowest BCUT2D eigenvalue weighted by molar-refractivity contribution is -0.141. The molecule has 2 atom stereocenters. The number of hydrogen-bond acceptors (Lipinski definition) is 4. The fourth-order valence-corrected chi connectivity index (χ4v) is 5.47. The zero-order valence-corrected chi connectivity index (χ0v) is 21.1. The number of amides is 1. The minimum absolute atomic E-state index is 0.0224. The molecule has 2 aliphatic heterocycles. The molecule has 3 heterocycles. The number of amidine groups is 1. The van der Waals surface area contributed by atoms with Crippen LogP contribution in [0.2, 0.25) is 0 Å².